The van der Waals surface area contributed by atoms with Crippen molar-refractivity contribution in [3.05, 3.63) is 0 Å². The zero-order valence-corrected chi connectivity index (χ0v) is 6.32. The third-order valence-corrected chi connectivity index (χ3v) is 2.33. The highest BCUT2D eigenvalue weighted by Gasteiger charge is 2.30. The third-order valence-electron chi connectivity index (χ3n) is 2.01. The zero-order valence-electron chi connectivity index (χ0n) is 5.43. The molecule has 0 aromatic heterocycles. The molecule has 1 rings (SSSR count). The van der Waals surface area contributed by atoms with E-state index in [0.29, 0.717) is 0 Å². The zero-order chi connectivity index (χ0) is 5.98. The molecule has 0 saturated heterocycles. The van der Waals surface area contributed by atoms with E-state index in [9.17, 15) is 0 Å². The van der Waals surface area contributed by atoms with E-state index in [0.717, 1.165) is 17.6 Å². The maximum absolute atomic E-state index is 4.15. The van der Waals surface area contributed by atoms with E-state index in [-0.39, 0.29) is 0 Å². The molecular formula is C7H14S. The van der Waals surface area contributed by atoms with Crippen molar-refractivity contribution >= 4 is 12.6 Å². The van der Waals surface area contributed by atoms with Gasteiger partial charge >= 0.3 is 0 Å². The molecule has 0 bridgehead atoms. The fraction of sp³-hybridized carbons (Fsp3) is 1.00. The second kappa shape index (κ2) is 2.77. The lowest BCUT2D eigenvalue weighted by Crippen LogP contribution is -1.80. The van der Waals surface area contributed by atoms with Gasteiger partial charge in [0.05, 0.1) is 0 Å². The first-order valence-corrected chi connectivity index (χ1v) is 4.08. The van der Waals surface area contributed by atoms with Crippen LogP contribution in [0.1, 0.15) is 26.2 Å². The minimum Gasteiger partial charge on any atom is -0.179 e. The van der Waals surface area contributed by atoms with E-state index >= 15 is 0 Å². The molecule has 0 amide bonds. The molecule has 0 aromatic carbocycles. The van der Waals surface area contributed by atoms with Crippen molar-refractivity contribution in [3.8, 4) is 0 Å². The molecule has 1 heteroatoms. The smallest absolute Gasteiger partial charge is 0.00978 e. The quantitative estimate of drug-likeness (QED) is 0.557. The summed E-state index contributed by atoms with van der Waals surface area (Å²) in [6, 6.07) is 0. The van der Waals surface area contributed by atoms with Gasteiger partial charge in [-0.1, -0.05) is 6.92 Å². The van der Waals surface area contributed by atoms with E-state index in [1.807, 2.05) is 0 Å². The summed E-state index contributed by atoms with van der Waals surface area (Å²) in [6.07, 6.45) is 4.22. The summed E-state index contributed by atoms with van der Waals surface area (Å²) >= 11 is 4.15. The number of hydrogen-bond donors (Lipinski definition) is 1. The third kappa shape index (κ3) is 1.70. The van der Waals surface area contributed by atoms with Crippen molar-refractivity contribution in [2.24, 2.45) is 11.8 Å². The molecule has 0 aromatic rings. The van der Waals surface area contributed by atoms with E-state index in [1.54, 1.807) is 0 Å². The molecule has 1 aliphatic rings. The van der Waals surface area contributed by atoms with Gasteiger partial charge in [-0.25, -0.2) is 0 Å². The summed E-state index contributed by atoms with van der Waals surface area (Å²) in [4.78, 5) is 0. The Morgan fingerprint density at radius 2 is 2.25 bits per heavy atom. The van der Waals surface area contributed by atoms with E-state index < -0.39 is 0 Å². The summed E-state index contributed by atoms with van der Waals surface area (Å²) in [5, 5.41) is 0. The minimum atomic E-state index is 1.04. The summed E-state index contributed by atoms with van der Waals surface area (Å²) < 4.78 is 0. The Kier molecular flexibility index (Phi) is 2.24. The molecular weight excluding hydrogens is 116 g/mol. The van der Waals surface area contributed by atoms with Crippen LogP contribution >= 0.6 is 12.6 Å². The van der Waals surface area contributed by atoms with Crippen LogP contribution in [0, 0.1) is 11.8 Å². The maximum atomic E-state index is 4.15. The molecule has 1 saturated carbocycles. The van der Waals surface area contributed by atoms with Gasteiger partial charge in [-0.05, 0) is 36.9 Å². The van der Waals surface area contributed by atoms with Crippen LogP contribution in [0.3, 0.4) is 0 Å². The van der Waals surface area contributed by atoms with Crippen LogP contribution in [0.15, 0.2) is 0 Å². The summed E-state index contributed by atoms with van der Waals surface area (Å²) in [5.74, 6) is 3.18. The molecule has 2 atom stereocenters. The highest BCUT2D eigenvalue weighted by molar-refractivity contribution is 7.80. The molecule has 0 nitrogen and oxygen atoms in total. The lowest BCUT2D eigenvalue weighted by atomic mass is 10.2. The lowest BCUT2D eigenvalue weighted by Gasteiger charge is -1.90. The maximum Gasteiger partial charge on any atom is -0.00978 e. The van der Waals surface area contributed by atoms with E-state index in [4.69, 9.17) is 0 Å². The van der Waals surface area contributed by atoms with Gasteiger partial charge in [0.1, 0.15) is 0 Å². The predicted octanol–water partition coefficient (Wildman–Crippen LogP) is 2.35. The van der Waals surface area contributed by atoms with Gasteiger partial charge in [0.15, 0.2) is 0 Å². The molecule has 0 spiro atoms. The Morgan fingerprint density at radius 1 is 1.62 bits per heavy atom. The van der Waals surface area contributed by atoms with Gasteiger partial charge in [0, 0.05) is 0 Å². The fourth-order valence-corrected chi connectivity index (χ4v) is 1.34. The van der Waals surface area contributed by atoms with Crippen molar-refractivity contribution in [2.45, 2.75) is 26.2 Å². The summed E-state index contributed by atoms with van der Waals surface area (Å²) in [6.45, 7) is 2.34. The van der Waals surface area contributed by atoms with Crippen LogP contribution in [-0.2, 0) is 0 Å². The van der Waals surface area contributed by atoms with Crippen LogP contribution in [0.4, 0.5) is 0 Å². The van der Waals surface area contributed by atoms with Crippen molar-refractivity contribution < 1.29 is 0 Å². The summed E-state index contributed by atoms with van der Waals surface area (Å²) in [5.41, 5.74) is 0. The van der Waals surface area contributed by atoms with Gasteiger partial charge in [-0.15, -0.1) is 0 Å². The Morgan fingerprint density at radius 3 is 2.62 bits per heavy atom. The first kappa shape index (κ1) is 6.47. The Hall–Kier alpha value is 0.350. The minimum absolute atomic E-state index is 1.04. The van der Waals surface area contributed by atoms with E-state index in [1.165, 1.54) is 19.3 Å². The van der Waals surface area contributed by atoms with Crippen molar-refractivity contribution in [1.29, 1.82) is 0 Å². The normalized spacial score (nSPS) is 35.2. The molecule has 8 heavy (non-hydrogen) atoms. The second-order valence-corrected chi connectivity index (χ2v) is 3.29. The van der Waals surface area contributed by atoms with Gasteiger partial charge in [-0.3, -0.25) is 0 Å². The van der Waals surface area contributed by atoms with E-state index in [2.05, 4.69) is 19.6 Å². The van der Waals surface area contributed by atoms with Crippen LogP contribution in [-0.4, -0.2) is 5.75 Å². The Balaban J connectivity index is 1.89. The SMILES string of the molecule is CC1CC1CCCS. The van der Waals surface area contributed by atoms with Crippen LogP contribution in [0.25, 0.3) is 0 Å². The second-order valence-electron chi connectivity index (χ2n) is 2.84. The molecule has 0 N–H and O–H groups in total. The molecule has 0 heterocycles. The van der Waals surface area contributed by atoms with Crippen molar-refractivity contribution in [1.82, 2.24) is 0 Å². The number of rotatable bonds is 3. The molecule has 48 valence electrons. The summed E-state index contributed by atoms with van der Waals surface area (Å²) in [7, 11) is 0. The molecule has 1 fully saturated rings. The highest BCUT2D eigenvalue weighted by Crippen LogP contribution is 2.41. The van der Waals surface area contributed by atoms with Crippen LogP contribution in [0.2, 0.25) is 0 Å². The van der Waals surface area contributed by atoms with Gasteiger partial charge in [0.25, 0.3) is 0 Å². The highest BCUT2D eigenvalue weighted by atomic mass is 32.1. The standard InChI is InChI=1S/C7H14S/c1-6-5-7(6)3-2-4-8/h6-8H,2-5H2,1H3. The average Bonchev–Trinajstić information content (AvgIpc) is 2.42. The van der Waals surface area contributed by atoms with Gasteiger partial charge in [-0.2, -0.15) is 12.6 Å². The topological polar surface area (TPSA) is 0 Å². The first-order valence-electron chi connectivity index (χ1n) is 3.45. The molecule has 1 aliphatic carbocycles. The predicted molar refractivity (Wildman–Crippen MR) is 40.4 cm³/mol. The Labute approximate surface area is 57.1 Å². The first-order chi connectivity index (χ1) is 3.84. The fourth-order valence-electron chi connectivity index (χ4n) is 1.15. The molecule has 0 radical (unpaired) electrons. The largest absolute Gasteiger partial charge is 0.179 e. The molecule has 0 aliphatic heterocycles. The van der Waals surface area contributed by atoms with Gasteiger partial charge in [0.2, 0.25) is 0 Å². The monoisotopic (exact) mass is 130 g/mol. The number of hydrogen-bond acceptors (Lipinski definition) is 1. The lowest BCUT2D eigenvalue weighted by molar-refractivity contribution is 0.664. The molecule has 2 unspecified atom stereocenters. The number of thiol groups is 1. The average molecular weight is 130 g/mol. The van der Waals surface area contributed by atoms with Crippen LogP contribution in [0.5, 0.6) is 0 Å². The van der Waals surface area contributed by atoms with Crippen LogP contribution < -0.4 is 0 Å². The van der Waals surface area contributed by atoms with Crippen molar-refractivity contribution in [2.75, 3.05) is 5.75 Å². The van der Waals surface area contributed by atoms with Gasteiger partial charge < -0.3 is 0 Å². The van der Waals surface area contributed by atoms with Crippen molar-refractivity contribution in [3.63, 3.8) is 0 Å². The Bertz CT molecular complexity index is 70.8.